The molecule has 2 unspecified atom stereocenters. The first kappa shape index (κ1) is 12.7. The van der Waals surface area contributed by atoms with Crippen molar-refractivity contribution >= 4 is 11.6 Å². The molecule has 0 saturated heterocycles. The fourth-order valence-electron chi connectivity index (χ4n) is 2.27. The number of benzene rings is 1. The topological polar surface area (TPSA) is 26.0 Å². The van der Waals surface area contributed by atoms with Gasteiger partial charge in [0.2, 0.25) is 0 Å². The number of hydrogen-bond acceptors (Lipinski definition) is 1. The molecular weight excluding hydrogens is 251 g/mol. The van der Waals surface area contributed by atoms with Gasteiger partial charge in [-0.05, 0) is 23.1 Å². The maximum atomic E-state index is 12.5. The van der Waals surface area contributed by atoms with E-state index >= 15 is 0 Å². The summed E-state index contributed by atoms with van der Waals surface area (Å²) >= 11 is 5.67. The van der Waals surface area contributed by atoms with Crippen LogP contribution in [0.4, 0.5) is 13.2 Å². The van der Waals surface area contributed by atoms with Crippen molar-refractivity contribution in [2.24, 2.45) is 11.1 Å². The van der Waals surface area contributed by atoms with Gasteiger partial charge in [-0.3, -0.25) is 0 Å². The lowest BCUT2D eigenvalue weighted by Gasteiger charge is -2.10. The first-order chi connectivity index (χ1) is 7.65. The minimum atomic E-state index is -4.41. The highest BCUT2D eigenvalue weighted by molar-refractivity contribution is 6.31. The van der Waals surface area contributed by atoms with Crippen molar-refractivity contribution in [3.63, 3.8) is 0 Å². The zero-order valence-corrected chi connectivity index (χ0v) is 10.2. The Balaban J connectivity index is 2.34. The zero-order valence-electron chi connectivity index (χ0n) is 9.48. The third kappa shape index (κ3) is 2.04. The molecule has 0 aromatic heterocycles. The van der Waals surface area contributed by atoms with Gasteiger partial charge in [-0.15, -0.1) is 0 Å². The van der Waals surface area contributed by atoms with Crippen LogP contribution in [0.15, 0.2) is 18.2 Å². The van der Waals surface area contributed by atoms with Crippen molar-refractivity contribution in [2.75, 3.05) is 0 Å². The molecule has 0 amide bonds. The molecule has 17 heavy (non-hydrogen) atoms. The quantitative estimate of drug-likeness (QED) is 0.819. The molecule has 1 saturated carbocycles. The van der Waals surface area contributed by atoms with Gasteiger partial charge in [-0.1, -0.05) is 31.5 Å². The van der Waals surface area contributed by atoms with E-state index in [-0.39, 0.29) is 22.4 Å². The lowest BCUT2D eigenvalue weighted by Crippen LogP contribution is -2.07. The van der Waals surface area contributed by atoms with E-state index in [1.54, 1.807) is 0 Å². The van der Waals surface area contributed by atoms with Crippen LogP contribution in [0.3, 0.4) is 0 Å². The molecule has 0 bridgehead atoms. The van der Waals surface area contributed by atoms with Gasteiger partial charge >= 0.3 is 6.18 Å². The predicted octanol–water partition coefficient (Wildman–Crippen LogP) is 3.81. The fourth-order valence-corrected chi connectivity index (χ4v) is 2.57. The summed E-state index contributed by atoms with van der Waals surface area (Å²) in [6.07, 6.45) is -4.41. The third-order valence-corrected chi connectivity index (χ3v) is 3.88. The maximum Gasteiger partial charge on any atom is 0.417 e. The van der Waals surface area contributed by atoms with E-state index in [1.807, 2.05) is 13.8 Å². The first-order valence-electron chi connectivity index (χ1n) is 5.28. The van der Waals surface area contributed by atoms with E-state index in [0.717, 1.165) is 11.6 Å². The maximum absolute atomic E-state index is 12.5. The molecule has 1 fully saturated rings. The van der Waals surface area contributed by atoms with Crippen molar-refractivity contribution in [3.8, 4) is 0 Å². The first-order valence-corrected chi connectivity index (χ1v) is 5.65. The standard InChI is InChI=1S/C12H13ClF3N/c1-11(2)9(10(11)17)6-3-4-7(8(13)5-6)12(14,15)16/h3-5,9-10H,17H2,1-2H3. The van der Waals surface area contributed by atoms with Gasteiger partial charge in [-0.2, -0.15) is 13.2 Å². The Hall–Kier alpha value is -0.740. The molecule has 94 valence electrons. The molecule has 1 nitrogen and oxygen atoms in total. The van der Waals surface area contributed by atoms with Crippen LogP contribution in [-0.4, -0.2) is 6.04 Å². The molecule has 1 aromatic rings. The SMILES string of the molecule is CC1(C)C(N)C1c1ccc(C(F)(F)F)c(Cl)c1. The van der Waals surface area contributed by atoms with E-state index in [1.165, 1.54) is 12.1 Å². The average Bonchev–Trinajstić information content (AvgIpc) is 2.63. The normalized spacial score (nSPS) is 27.0. The Labute approximate surface area is 103 Å². The van der Waals surface area contributed by atoms with Crippen molar-refractivity contribution in [2.45, 2.75) is 32.0 Å². The van der Waals surface area contributed by atoms with Crippen LogP contribution in [0, 0.1) is 5.41 Å². The van der Waals surface area contributed by atoms with Crippen molar-refractivity contribution in [1.29, 1.82) is 0 Å². The summed E-state index contributed by atoms with van der Waals surface area (Å²) in [6.45, 7) is 3.99. The molecule has 2 atom stereocenters. The molecule has 0 heterocycles. The van der Waals surface area contributed by atoms with Gasteiger partial charge in [0.05, 0.1) is 10.6 Å². The van der Waals surface area contributed by atoms with Gasteiger partial charge in [0.1, 0.15) is 0 Å². The Morgan fingerprint density at radius 3 is 2.18 bits per heavy atom. The second-order valence-corrected chi connectivity index (χ2v) is 5.47. The predicted molar refractivity (Wildman–Crippen MR) is 61.0 cm³/mol. The average molecular weight is 264 g/mol. The number of hydrogen-bond donors (Lipinski definition) is 1. The Morgan fingerprint density at radius 2 is 1.82 bits per heavy atom. The summed E-state index contributed by atoms with van der Waals surface area (Å²) in [7, 11) is 0. The molecule has 1 aliphatic rings. The summed E-state index contributed by atoms with van der Waals surface area (Å²) in [6, 6.07) is 3.85. The van der Waals surface area contributed by atoms with Gasteiger partial charge in [-0.25, -0.2) is 0 Å². The minimum absolute atomic E-state index is 0.0182. The molecular formula is C12H13ClF3N. The second kappa shape index (κ2) is 3.62. The number of halogens is 4. The van der Waals surface area contributed by atoms with Crippen LogP contribution in [0.5, 0.6) is 0 Å². The summed E-state index contributed by atoms with van der Waals surface area (Å²) < 4.78 is 37.6. The molecule has 2 N–H and O–H groups in total. The van der Waals surface area contributed by atoms with E-state index in [2.05, 4.69) is 0 Å². The summed E-state index contributed by atoms with van der Waals surface area (Å²) in [5.74, 6) is 0.0854. The van der Waals surface area contributed by atoms with Crippen molar-refractivity contribution in [1.82, 2.24) is 0 Å². The van der Waals surface area contributed by atoms with E-state index in [0.29, 0.717) is 0 Å². The third-order valence-electron chi connectivity index (χ3n) is 3.57. The van der Waals surface area contributed by atoms with Gasteiger partial charge in [0.25, 0.3) is 0 Å². The van der Waals surface area contributed by atoms with Crippen LogP contribution in [-0.2, 0) is 6.18 Å². The molecule has 1 aromatic carbocycles. The van der Waals surface area contributed by atoms with Crippen molar-refractivity contribution in [3.05, 3.63) is 34.3 Å². The summed E-state index contributed by atoms with van der Waals surface area (Å²) in [5.41, 5.74) is 5.80. The van der Waals surface area contributed by atoms with Crippen LogP contribution in [0.25, 0.3) is 0 Å². The highest BCUT2D eigenvalue weighted by atomic mass is 35.5. The lowest BCUT2D eigenvalue weighted by atomic mass is 10.0. The highest BCUT2D eigenvalue weighted by Gasteiger charge is 2.56. The summed E-state index contributed by atoms with van der Waals surface area (Å²) in [5, 5.41) is -0.259. The lowest BCUT2D eigenvalue weighted by molar-refractivity contribution is -0.137. The molecule has 1 aliphatic carbocycles. The van der Waals surface area contributed by atoms with Gasteiger partial charge in [0.15, 0.2) is 0 Å². The molecule has 0 radical (unpaired) electrons. The monoisotopic (exact) mass is 263 g/mol. The van der Waals surface area contributed by atoms with Crippen LogP contribution in [0.2, 0.25) is 5.02 Å². The highest BCUT2D eigenvalue weighted by Crippen LogP contribution is 2.57. The van der Waals surface area contributed by atoms with Gasteiger partial charge in [0, 0.05) is 12.0 Å². The van der Waals surface area contributed by atoms with Crippen LogP contribution < -0.4 is 5.73 Å². The van der Waals surface area contributed by atoms with Crippen LogP contribution in [0.1, 0.15) is 30.9 Å². The zero-order chi connectivity index (χ0) is 13.0. The number of nitrogens with two attached hydrogens (primary N) is 1. The van der Waals surface area contributed by atoms with E-state index < -0.39 is 11.7 Å². The van der Waals surface area contributed by atoms with Gasteiger partial charge < -0.3 is 5.73 Å². The van der Waals surface area contributed by atoms with E-state index in [4.69, 9.17) is 17.3 Å². The number of rotatable bonds is 1. The minimum Gasteiger partial charge on any atom is -0.327 e. The Morgan fingerprint density at radius 1 is 1.29 bits per heavy atom. The second-order valence-electron chi connectivity index (χ2n) is 5.06. The fraction of sp³-hybridized carbons (Fsp3) is 0.500. The summed E-state index contributed by atoms with van der Waals surface area (Å²) in [4.78, 5) is 0. The molecule has 0 spiro atoms. The molecule has 5 heteroatoms. The molecule has 0 aliphatic heterocycles. The van der Waals surface area contributed by atoms with Crippen LogP contribution >= 0.6 is 11.6 Å². The van der Waals surface area contributed by atoms with E-state index in [9.17, 15) is 13.2 Å². The largest absolute Gasteiger partial charge is 0.417 e. The molecule has 2 rings (SSSR count). The Kier molecular flexibility index (Phi) is 2.71. The smallest absolute Gasteiger partial charge is 0.327 e. The van der Waals surface area contributed by atoms with Crippen molar-refractivity contribution < 1.29 is 13.2 Å². The number of alkyl halides is 3. The Bertz CT molecular complexity index is 454.